The highest BCUT2D eigenvalue weighted by Crippen LogP contribution is 2.46. The monoisotopic (exact) mass is 451 g/mol. The number of carbonyl (C=O) groups is 2. The van der Waals surface area contributed by atoms with Crippen molar-refractivity contribution in [1.29, 1.82) is 0 Å². The van der Waals surface area contributed by atoms with Crippen LogP contribution in [0.2, 0.25) is 0 Å². The minimum atomic E-state index is -0.320. The third-order valence-corrected chi connectivity index (χ3v) is 7.44. The van der Waals surface area contributed by atoms with Gasteiger partial charge in [0.2, 0.25) is 5.91 Å². The van der Waals surface area contributed by atoms with E-state index in [1.54, 1.807) is 11.6 Å². The van der Waals surface area contributed by atoms with Crippen LogP contribution in [0.25, 0.3) is 5.82 Å². The fraction of sp³-hybridized carbons (Fsp3) is 0.565. The van der Waals surface area contributed by atoms with Crippen LogP contribution in [0.5, 0.6) is 0 Å². The van der Waals surface area contributed by atoms with Crippen molar-refractivity contribution in [3.8, 4) is 5.82 Å². The maximum absolute atomic E-state index is 13.5. The van der Waals surface area contributed by atoms with Crippen LogP contribution in [-0.4, -0.2) is 79.2 Å². The van der Waals surface area contributed by atoms with Gasteiger partial charge >= 0.3 is 5.97 Å². The van der Waals surface area contributed by atoms with Crippen molar-refractivity contribution in [3.63, 3.8) is 0 Å². The second-order valence-corrected chi connectivity index (χ2v) is 9.42. The number of cyclic esters (lactones) is 1. The van der Waals surface area contributed by atoms with E-state index in [-0.39, 0.29) is 29.9 Å². The molecule has 1 amide bonds. The van der Waals surface area contributed by atoms with Crippen LogP contribution in [0.3, 0.4) is 0 Å². The number of rotatable bonds is 5. The number of carbonyl (C=O) groups excluding carboxylic acids is 2. The van der Waals surface area contributed by atoms with Gasteiger partial charge < -0.3 is 14.5 Å². The van der Waals surface area contributed by atoms with Gasteiger partial charge in [0, 0.05) is 18.3 Å². The molecule has 5 rings (SSSR count). The highest BCUT2D eigenvalue weighted by molar-refractivity contribution is 5.94. The number of tetrazole rings is 1. The first-order chi connectivity index (χ1) is 15.9. The van der Waals surface area contributed by atoms with E-state index in [0.717, 1.165) is 56.7 Å². The van der Waals surface area contributed by atoms with Gasteiger partial charge in [-0.1, -0.05) is 6.07 Å². The van der Waals surface area contributed by atoms with Gasteiger partial charge in [-0.25, -0.2) is 9.78 Å². The number of piperidine rings is 1. The van der Waals surface area contributed by atoms with E-state index in [4.69, 9.17) is 4.74 Å². The van der Waals surface area contributed by atoms with Crippen molar-refractivity contribution in [1.82, 2.24) is 35.0 Å². The molecular weight excluding hydrogens is 422 g/mol. The summed E-state index contributed by atoms with van der Waals surface area (Å²) in [5.41, 5.74) is 3.19. The summed E-state index contributed by atoms with van der Waals surface area (Å²) in [4.78, 5) is 34.2. The number of likely N-dealkylation sites (tertiary alicyclic amines) is 2. The van der Waals surface area contributed by atoms with Crippen LogP contribution < -0.4 is 0 Å². The Morgan fingerprint density at radius 2 is 1.97 bits per heavy atom. The molecule has 2 saturated heterocycles. The lowest BCUT2D eigenvalue weighted by Crippen LogP contribution is -2.45. The largest absolute Gasteiger partial charge is 0.456 e. The molecule has 2 fully saturated rings. The maximum atomic E-state index is 13.5. The molecule has 3 aliphatic rings. The zero-order valence-electron chi connectivity index (χ0n) is 19.3. The van der Waals surface area contributed by atoms with Gasteiger partial charge in [0.25, 0.3) is 0 Å². The highest BCUT2D eigenvalue weighted by Gasteiger charge is 2.53. The van der Waals surface area contributed by atoms with Crippen molar-refractivity contribution >= 4 is 11.9 Å². The molecule has 0 aromatic carbocycles. The maximum Gasteiger partial charge on any atom is 0.336 e. The smallest absolute Gasteiger partial charge is 0.336 e. The van der Waals surface area contributed by atoms with Crippen molar-refractivity contribution in [2.24, 2.45) is 5.41 Å². The number of pyridine rings is 1. The van der Waals surface area contributed by atoms with Crippen molar-refractivity contribution in [3.05, 3.63) is 41.0 Å². The summed E-state index contributed by atoms with van der Waals surface area (Å²) in [6.45, 7) is 8.78. The number of hydrogen-bond acceptors (Lipinski definition) is 8. The van der Waals surface area contributed by atoms with Gasteiger partial charge in [0.05, 0.1) is 16.7 Å². The van der Waals surface area contributed by atoms with Crippen LogP contribution in [-0.2, 0) is 20.7 Å². The lowest BCUT2D eigenvalue weighted by molar-refractivity contribution is -0.139. The number of nitrogens with zero attached hydrogens (tertiary/aromatic N) is 7. The summed E-state index contributed by atoms with van der Waals surface area (Å²) >= 11 is 0. The van der Waals surface area contributed by atoms with E-state index in [0.29, 0.717) is 11.4 Å². The normalized spacial score (nSPS) is 23.1. The number of hydrogen-bond donors (Lipinski definition) is 0. The standard InChI is InChI=1S/C23H29N7O3/c1-15-12-23(22(32)30(15)19-13-33-21(31)16(19)2)7-10-28(11-8-23)9-6-18-4-5-20(25-17(18)3)29-14-24-26-27-29/h4-5,14-15H,6-13H2,1-3H3. The van der Waals surface area contributed by atoms with E-state index >= 15 is 0 Å². The van der Waals surface area contributed by atoms with E-state index in [1.807, 2.05) is 17.9 Å². The molecule has 0 radical (unpaired) electrons. The fourth-order valence-electron chi connectivity index (χ4n) is 5.44. The lowest BCUT2D eigenvalue weighted by Gasteiger charge is -2.38. The molecule has 10 nitrogen and oxygen atoms in total. The predicted molar refractivity (Wildman–Crippen MR) is 118 cm³/mol. The van der Waals surface area contributed by atoms with Gasteiger partial charge in [-0.2, -0.15) is 4.68 Å². The van der Waals surface area contributed by atoms with Gasteiger partial charge in [-0.3, -0.25) is 4.79 Å². The van der Waals surface area contributed by atoms with Gasteiger partial charge in [-0.15, -0.1) is 5.10 Å². The average molecular weight is 452 g/mol. The van der Waals surface area contributed by atoms with Crippen LogP contribution in [0, 0.1) is 12.3 Å². The van der Waals surface area contributed by atoms with E-state index in [2.05, 4.69) is 38.4 Å². The molecule has 0 saturated carbocycles. The zero-order chi connectivity index (χ0) is 23.2. The number of amides is 1. The third kappa shape index (κ3) is 3.82. The molecule has 2 aromatic rings. The molecule has 174 valence electrons. The van der Waals surface area contributed by atoms with E-state index in [9.17, 15) is 9.59 Å². The second-order valence-electron chi connectivity index (χ2n) is 9.42. The summed E-state index contributed by atoms with van der Waals surface area (Å²) < 4.78 is 6.71. The molecular formula is C23H29N7O3. The molecule has 1 unspecified atom stereocenters. The molecule has 1 atom stereocenters. The minimum Gasteiger partial charge on any atom is -0.456 e. The molecule has 3 aliphatic heterocycles. The molecule has 2 aromatic heterocycles. The second kappa shape index (κ2) is 8.33. The zero-order valence-corrected chi connectivity index (χ0v) is 19.3. The van der Waals surface area contributed by atoms with Gasteiger partial charge in [-0.05, 0) is 81.6 Å². The molecule has 33 heavy (non-hydrogen) atoms. The quantitative estimate of drug-likeness (QED) is 0.629. The Morgan fingerprint density at radius 3 is 2.61 bits per heavy atom. The Bertz CT molecular complexity index is 1100. The van der Waals surface area contributed by atoms with Crippen molar-refractivity contribution in [2.75, 3.05) is 26.2 Å². The van der Waals surface area contributed by atoms with Gasteiger partial charge in [0.1, 0.15) is 12.9 Å². The third-order valence-electron chi connectivity index (χ3n) is 7.44. The first-order valence-electron chi connectivity index (χ1n) is 11.5. The van der Waals surface area contributed by atoms with E-state index in [1.165, 1.54) is 11.9 Å². The Labute approximate surface area is 192 Å². The summed E-state index contributed by atoms with van der Waals surface area (Å²) in [6.07, 6.45) is 4.98. The Hall–Kier alpha value is -3.14. The topological polar surface area (TPSA) is 106 Å². The van der Waals surface area contributed by atoms with Crippen molar-refractivity contribution in [2.45, 2.75) is 52.5 Å². The molecule has 1 spiro atoms. The molecule has 0 aliphatic carbocycles. The lowest BCUT2D eigenvalue weighted by atomic mass is 9.76. The molecule has 0 N–H and O–H groups in total. The van der Waals surface area contributed by atoms with Gasteiger partial charge in [0.15, 0.2) is 5.82 Å². The Morgan fingerprint density at radius 1 is 1.18 bits per heavy atom. The number of aromatic nitrogens is 5. The fourth-order valence-corrected chi connectivity index (χ4v) is 5.44. The van der Waals surface area contributed by atoms with Crippen LogP contribution >= 0.6 is 0 Å². The minimum absolute atomic E-state index is 0.0934. The number of ether oxygens (including phenoxy) is 1. The Kier molecular flexibility index (Phi) is 5.48. The highest BCUT2D eigenvalue weighted by atomic mass is 16.5. The first kappa shape index (κ1) is 21.7. The van der Waals surface area contributed by atoms with Crippen LogP contribution in [0.1, 0.15) is 44.4 Å². The molecule has 10 heteroatoms. The SMILES string of the molecule is CC1=C(N2C(=O)C3(CCN(CCc4ccc(-n5cnnn5)nc4C)CC3)CC2C)COC1=O. The number of aryl methyl sites for hydroxylation is 1. The van der Waals surface area contributed by atoms with Crippen LogP contribution in [0.4, 0.5) is 0 Å². The summed E-state index contributed by atoms with van der Waals surface area (Å²) in [7, 11) is 0. The summed E-state index contributed by atoms with van der Waals surface area (Å²) in [5, 5.41) is 11.2. The van der Waals surface area contributed by atoms with Crippen LogP contribution in [0.15, 0.2) is 29.7 Å². The predicted octanol–water partition coefficient (Wildman–Crippen LogP) is 1.44. The Balaban J connectivity index is 1.20. The molecule has 5 heterocycles. The van der Waals surface area contributed by atoms with Crippen molar-refractivity contribution < 1.29 is 14.3 Å². The van der Waals surface area contributed by atoms with E-state index < -0.39 is 0 Å². The summed E-state index contributed by atoms with van der Waals surface area (Å²) in [6, 6.07) is 4.12. The first-order valence-corrected chi connectivity index (χ1v) is 11.5. The summed E-state index contributed by atoms with van der Waals surface area (Å²) in [5.74, 6) is 0.566. The average Bonchev–Trinajstić information content (AvgIpc) is 3.50. The number of esters is 1. The molecule has 0 bridgehead atoms.